The lowest BCUT2D eigenvalue weighted by Crippen LogP contribution is -2.46. The molecule has 0 saturated carbocycles. The molecule has 1 amide bonds. The number of H-pyrrole nitrogens is 1. The molecule has 0 spiro atoms. The molecule has 1 aromatic heterocycles. The van der Waals surface area contributed by atoms with Crippen LogP contribution in [0.2, 0.25) is 0 Å². The lowest BCUT2D eigenvalue weighted by molar-refractivity contribution is -0.132. The Balaban J connectivity index is 1.52. The van der Waals surface area contributed by atoms with E-state index in [1.54, 1.807) is 17.0 Å². The fourth-order valence-corrected chi connectivity index (χ4v) is 3.76. The van der Waals surface area contributed by atoms with Gasteiger partial charge in [-0.1, -0.05) is 0 Å². The Hall–Kier alpha value is -3.50. The Morgan fingerprint density at radius 3 is 2.79 bits per heavy atom. The third-order valence-corrected chi connectivity index (χ3v) is 5.30. The van der Waals surface area contributed by atoms with E-state index in [0.29, 0.717) is 36.6 Å². The van der Waals surface area contributed by atoms with E-state index in [9.17, 15) is 10.1 Å². The number of rotatable bonds is 5. The van der Waals surface area contributed by atoms with E-state index in [-0.39, 0.29) is 11.9 Å². The first-order valence-electron chi connectivity index (χ1n) is 9.64. The number of nitrogens with two attached hydrogens (primary N) is 2. The second-order valence-electron chi connectivity index (χ2n) is 7.32. The first-order chi connectivity index (χ1) is 14.0. The summed E-state index contributed by atoms with van der Waals surface area (Å²) in [6.07, 6.45) is 3.82. The van der Waals surface area contributed by atoms with Gasteiger partial charge in [-0.3, -0.25) is 4.79 Å². The summed E-state index contributed by atoms with van der Waals surface area (Å²) in [6, 6.07) is 14.1. The average Bonchev–Trinajstić information content (AvgIpc) is 3.36. The molecule has 4 rings (SSSR count). The Kier molecular flexibility index (Phi) is 5.10. The zero-order valence-corrected chi connectivity index (χ0v) is 16.0. The number of anilines is 1. The fraction of sp³-hybridized carbons (Fsp3) is 0.273. The molecule has 3 aromatic rings. The number of hydrogen-bond acceptors (Lipinski definition) is 5. The maximum absolute atomic E-state index is 12.7. The van der Waals surface area contributed by atoms with Crippen LogP contribution < -0.4 is 16.2 Å². The van der Waals surface area contributed by atoms with Crippen molar-refractivity contribution in [3.8, 4) is 17.6 Å². The number of hydrogen-bond donors (Lipinski definition) is 3. The number of nitrogen functional groups attached to an aromatic ring is 1. The lowest BCUT2D eigenvalue weighted by Gasteiger charge is -2.23. The Bertz CT molecular complexity index is 1070. The molecule has 1 saturated heterocycles. The summed E-state index contributed by atoms with van der Waals surface area (Å²) in [5.41, 5.74) is 14.5. The van der Waals surface area contributed by atoms with E-state index >= 15 is 0 Å². The van der Waals surface area contributed by atoms with E-state index in [2.05, 4.69) is 11.1 Å². The van der Waals surface area contributed by atoms with Crippen molar-refractivity contribution in [2.45, 2.75) is 31.3 Å². The van der Waals surface area contributed by atoms with Gasteiger partial charge < -0.3 is 26.1 Å². The number of carbonyl (C=O) groups is 1. The Morgan fingerprint density at radius 2 is 2.03 bits per heavy atom. The molecule has 2 heterocycles. The molecule has 0 radical (unpaired) electrons. The number of likely N-dealkylation sites (tertiary alicyclic amines) is 1. The van der Waals surface area contributed by atoms with E-state index < -0.39 is 6.04 Å². The molecule has 0 aliphatic carbocycles. The molecular weight excluding hydrogens is 366 g/mol. The van der Waals surface area contributed by atoms with Crippen molar-refractivity contribution in [2.75, 3.05) is 12.3 Å². The van der Waals surface area contributed by atoms with Crippen LogP contribution in [0.4, 0.5) is 5.69 Å². The van der Waals surface area contributed by atoms with Crippen LogP contribution in [0.5, 0.6) is 11.5 Å². The third kappa shape index (κ3) is 3.89. The summed E-state index contributed by atoms with van der Waals surface area (Å²) >= 11 is 0. The number of aromatic nitrogens is 1. The van der Waals surface area contributed by atoms with Crippen molar-refractivity contribution in [1.29, 1.82) is 5.26 Å². The van der Waals surface area contributed by atoms with Crippen LogP contribution in [0, 0.1) is 11.3 Å². The molecule has 1 fully saturated rings. The van der Waals surface area contributed by atoms with Gasteiger partial charge in [0, 0.05) is 29.3 Å². The van der Waals surface area contributed by atoms with E-state index in [4.69, 9.17) is 16.2 Å². The first kappa shape index (κ1) is 18.8. The molecule has 5 N–H and O–H groups in total. The van der Waals surface area contributed by atoms with Crippen LogP contribution in [-0.2, 0) is 11.2 Å². The van der Waals surface area contributed by atoms with Gasteiger partial charge in [0.2, 0.25) is 5.91 Å². The lowest BCUT2D eigenvalue weighted by atomic mass is 10.0. The number of benzene rings is 2. The summed E-state index contributed by atoms with van der Waals surface area (Å²) in [7, 11) is 0. The summed E-state index contributed by atoms with van der Waals surface area (Å²) in [6.45, 7) is 0.595. The first-order valence-corrected chi connectivity index (χ1v) is 9.64. The van der Waals surface area contributed by atoms with Crippen LogP contribution in [0.3, 0.4) is 0 Å². The summed E-state index contributed by atoms with van der Waals surface area (Å²) in [4.78, 5) is 17.5. The van der Waals surface area contributed by atoms with E-state index in [0.717, 1.165) is 22.9 Å². The number of fused-ring (bicyclic) bond motifs is 1. The molecule has 148 valence electrons. The van der Waals surface area contributed by atoms with Crippen LogP contribution >= 0.6 is 0 Å². The third-order valence-electron chi connectivity index (χ3n) is 5.30. The van der Waals surface area contributed by atoms with Gasteiger partial charge in [0.25, 0.3) is 0 Å². The molecule has 2 atom stereocenters. The average molecular weight is 389 g/mol. The highest BCUT2D eigenvalue weighted by Crippen LogP contribution is 2.28. The number of nitrogens with one attached hydrogen (secondary N) is 1. The number of aromatic amines is 1. The van der Waals surface area contributed by atoms with Crippen LogP contribution in [0.25, 0.3) is 10.9 Å². The normalized spacial score (nSPS) is 17.2. The highest BCUT2D eigenvalue weighted by Gasteiger charge is 2.31. The second kappa shape index (κ2) is 7.86. The SMILES string of the molecule is N#C[C@@H]1CCCN1C(=O)[C@@H](N)Cc1c[nH]c2ccc(Oc3ccc(N)cc3)cc12. The number of amides is 1. The number of ether oxygens (including phenoxy) is 1. The summed E-state index contributed by atoms with van der Waals surface area (Å²) in [5, 5.41) is 10.2. The molecule has 7 nitrogen and oxygen atoms in total. The predicted molar refractivity (Wildman–Crippen MR) is 111 cm³/mol. The number of nitriles is 1. The van der Waals surface area contributed by atoms with Crippen LogP contribution in [0.15, 0.2) is 48.7 Å². The molecular formula is C22H23N5O2. The smallest absolute Gasteiger partial charge is 0.240 e. The van der Waals surface area contributed by atoms with Crippen molar-refractivity contribution in [3.05, 3.63) is 54.2 Å². The fourth-order valence-electron chi connectivity index (χ4n) is 3.76. The van der Waals surface area contributed by atoms with E-state index in [1.165, 1.54) is 0 Å². The highest BCUT2D eigenvalue weighted by atomic mass is 16.5. The quantitative estimate of drug-likeness (QED) is 0.579. The Morgan fingerprint density at radius 1 is 1.28 bits per heavy atom. The summed E-state index contributed by atoms with van der Waals surface area (Å²) < 4.78 is 5.92. The van der Waals surface area contributed by atoms with Gasteiger partial charge in [-0.2, -0.15) is 5.26 Å². The van der Waals surface area contributed by atoms with Gasteiger partial charge >= 0.3 is 0 Å². The van der Waals surface area contributed by atoms with Crippen molar-refractivity contribution in [2.24, 2.45) is 5.73 Å². The Labute approximate surface area is 168 Å². The zero-order valence-electron chi connectivity index (χ0n) is 16.0. The predicted octanol–water partition coefficient (Wildman–Crippen LogP) is 2.93. The highest BCUT2D eigenvalue weighted by molar-refractivity contribution is 5.87. The molecule has 7 heteroatoms. The van der Waals surface area contributed by atoms with Gasteiger partial charge in [-0.05, 0) is 67.3 Å². The van der Waals surface area contributed by atoms with Gasteiger partial charge in [0.15, 0.2) is 0 Å². The molecule has 2 aromatic carbocycles. The van der Waals surface area contributed by atoms with Crippen molar-refractivity contribution < 1.29 is 9.53 Å². The largest absolute Gasteiger partial charge is 0.457 e. The van der Waals surface area contributed by atoms with Gasteiger partial charge in [0.05, 0.1) is 12.1 Å². The minimum atomic E-state index is -0.690. The van der Waals surface area contributed by atoms with Crippen LogP contribution in [-0.4, -0.2) is 34.4 Å². The molecule has 0 unspecified atom stereocenters. The number of nitrogens with zero attached hydrogens (tertiary/aromatic N) is 2. The minimum absolute atomic E-state index is 0.169. The standard InChI is InChI=1S/C22H23N5O2/c23-12-16-2-1-9-27(16)22(28)20(25)10-14-13-26-21-8-7-18(11-19(14)21)29-17-5-3-15(24)4-6-17/h3-8,11,13,16,20,26H,1-2,9-10,24-25H2/t16-,20-/m0/s1. The number of carbonyl (C=O) groups excluding carboxylic acids is 1. The maximum Gasteiger partial charge on any atom is 0.240 e. The summed E-state index contributed by atoms with van der Waals surface area (Å²) in [5.74, 6) is 1.21. The topological polar surface area (TPSA) is 121 Å². The van der Waals surface area contributed by atoms with Gasteiger partial charge in [-0.15, -0.1) is 0 Å². The van der Waals surface area contributed by atoms with Gasteiger partial charge in [-0.25, -0.2) is 0 Å². The monoisotopic (exact) mass is 389 g/mol. The van der Waals surface area contributed by atoms with Crippen LogP contribution in [0.1, 0.15) is 18.4 Å². The zero-order chi connectivity index (χ0) is 20.4. The minimum Gasteiger partial charge on any atom is -0.457 e. The molecule has 1 aliphatic rings. The van der Waals surface area contributed by atoms with E-state index in [1.807, 2.05) is 36.5 Å². The molecule has 29 heavy (non-hydrogen) atoms. The van der Waals surface area contributed by atoms with Crippen molar-refractivity contribution in [3.63, 3.8) is 0 Å². The van der Waals surface area contributed by atoms with Gasteiger partial charge in [0.1, 0.15) is 17.5 Å². The molecule has 0 bridgehead atoms. The molecule has 1 aliphatic heterocycles. The van der Waals surface area contributed by atoms with Crippen molar-refractivity contribution >= 4 is 22.5 Å². The second-order valence-corrected chi connectivity index (χ2v) is 7.32. The maximum atomic E-state index is 12.7. The van der Waals surface area contributed by atoms with Crippen molar-refractivity contribution in [1.82, 2.24) is 9.88 Å².